The molecule has 132 valence electrons. The van der Waals surface area contributed by atoms with Gasteiger partial charge in [0.25, 0.3) is 0 Å². The van der Waals surface area contributed by atoms with Crippen molar-refractivity contribution in [1.82, 2.24) is 10.6 Å². The quantitative estimate of drug-likeness (QED) is 0.791. The molecule has 0 saturated heterocycles. The summed E-state index contributed by atoms with van der Waals surface area (Å²) in [6, 6.07) is 6.11. The van der Waals surface area contributed by atoms with E-state index in [0.29, 0.717) is 25.7 Å². The van der Waals surface area contributed by atoms with Crippen molar-refractivity contribution in [3.63, 3.8) is 0 Å². The highest BCUT2D eigenvalue weighted by atomic mass is 35.5. The number of ether oxygens (including phenoxy) is 2. The molecule has 2 fully saturated rings. The Morgan fingerprint density at radius 2 is 1.88 bits per heavy atom. The third-order valence-electron chi connectivity index (χ3n) is 4.75. The molecule has 3 aliphatic rings. The first kappa shape index (κ1) is 17.4. The molecule has 0 bridgehead atoms. The van der Waals surface area contributed by atoms with Crippen LogP contribution >= 0.6 is 12.4 Å². The van der Waals surface area contributed by atoms with Gasteiger partial charge in [-0.3, -0.25) is 4.79 Å². The molecule has 5 nitrogen and oxygen atoms in total. The number of carbonyl (C=O) groups excluding carboxylic acids is 1. The molecule has 0 spiro atoms. The molecule has 1 aliphatic heterocycles. The van der Waals surface area contributed by atoms with Crippen molar-refractivity contribution in [1.29, 1.82) is 0 Å². The van der Waals surface area contributed by atoms with Gasteiger partial charge in [-0.2, -0.15) is 0 Å². The topological polar surface area (TPSA) is 59.6 Å². The Labute approximate surface area is 148 Å². The van der Waals surface area contributed by atoms with Crippen LogP contribution in [0.4, 0.5) is 0 Å². The first-order valence-corrected chi connectivity index (χ1v) is 8.69. The van der Waals surface area contributed by atoms with E-state index in [1.54, 1.807) is 0 Å². The molecular weight excluding hydrogens is 328 g/mol. The van der Waals surface area contributed by atoms with Crippen LogP contribution < -0.4 is 20.1 Å². The SMILES string of the molecule is Cl.O=C(CNCC1CC1)NC(c1ccc2c(c1)OCCO2)C1CC1. The highest BCUT2D eigenvalue weighted by molar-refractivity contribution is 5.85. The van der Waals surface area contributed by atoms with Gasteiger partial charge in [-0.1, -0.05) is 6.07 Å². The van der Waals surface area contributed by atoms with Gasteiger partial charge < -0.3 is 20.1 Å². The van der Waals surface area contributed by atoms with Crippen molar-refractivity contribution in [2.45, 2.75) is 31.7 Å². The maximum atomic E-state index is 12.2. The highest BCUT2D eigenvalue weighted by Crippen LogP contribution is 2.43. The minimum atomic E-state index is 0. The zero-order valence-electron chi connectivity index (χ0n) is 13.8. The molecule has 6 heteroatoms. The molecule has 1 aromatic carbocycles. The number of amides is 1. The minimum absolute atomic E-state index is 0. The van der Waals surface area contributed by atoms with Crippen LogP contribution in [0.1, 0.15) is 37.3 Å². The zero-order chi connectivity index (χ0) is 15.6. The van der Waals surface area contributed by atoms with Gasteiger partial charge in [-0.05, 0) is 61.8 Å². The second-order valence-electron chi connectivity index (χ2n) is 6.86. The summed E-state index contributed by atoms with van der Waals surface area (Å²) in [6.07, 6.45) is 4.96. The average Bonchev–Trinajstić information content (AvgIpc) is 3.46. The summed E-state index contributed by atoms with van der Waals surface area (Å²) in [4.78, 5) is 12.2. The van der Waals surface area contributed by atoms with Crippen LogP contribution in [0.2, 0.25) is 0 Å². The lowest BCUT2D eigenvalue weighted by Gasteiger charge is -2.23. The summed E-state index contributed by atoms with van der Waals surface area (Å²) in [6.45, 7) is 2.56. The van der Waals surface area contributed by atoms with E-state index in [0.717, 1.165) is 29.5 Å². The van der Waals surface area contributed by atoms with Gasteiger partial charge in [0.15, 0.2) is 11.5 Å². The molecule has 1 atom stereocenters. The second-order valence-corrected chi connectivity index (χ2v) is 6.86. The van der Waals surface area contributed by atoms with E-state index in [-0.39, 0.29) is 24.4 Å². The van der Waals surface area contributed by atoms with Gasteiger partial charge in [0.2, 0.25) is 5.91 Å². The standard InChI is InChI=1S/C18H24N2O3.ClH/c21-17(11-19-10-12-1-2-12)20-18(13-3-4-13)14-5-6-15-16(9-14)23-8-7-22-15;/h5-6,9,12-13,18-19H,1-4,7-8,10-11H2,(H,20,21);1H. The van der Waals surface area contributed by atoms with Crippen LogP contribution in [0.15, 0.2) is 18.2 Å². The summed E-state index contributed by atoms with van der Waals surface area (Å²) < 4.78 is 11.2. The lowest BCUT2D eigenvalue weighted by molar-refractivity contribution is -0.121. The predicted octanol–water partition coefficient (Wildman–Crippen LogP) is 2.45. The van der Waals surface area contributed by atoms with E-state index in [1.807, 2.05) is 12.1 Å². The summed E-state index contributed by atoms with van der Waals surface area (Å²) in [7, 11) is 0. The summed E-state index contributed by atoms with van der Waals surface area (Å²) in [5, 5.41) is 6.45. The molecule has 4 rings (SSSR count). The Morgan fingerprint density at radius 3 is 2.58 bits per heavy atom. The van der Waals surface area contributed by atoms with Crippen LogP contribution in [0, 0.1) is 11.8 Å². The molecule has 24 heavy (non-hydrogen) atoms. The van der Waals surface area contributed by atoms with Gasteiger partial charge in [0.1, 0.15) is 13.2 Å². The number of halogens is 1. The second kappa shape index (κ2) is 7.62. The zero-order valence-corrected chi connectivity index (χ0v) is 14.6. The maximum absolute atomic E-state index is 12.2. The normalized spacial score (nSPS) is 20.0. The summed E-state index contributed by atoms with van der Waals surface area (Å²) >= 11 is 0. The molecule has 0 radical (unpaired) electrons. The van der Waals surface area contributed by atoms with E-state index in [1.165, 1.54) is 25.7 Å². The van der Waals surface area contributed by atoms with Gasteiger partial charge in [0.05, 0.1) is 12.6 Å². The van der Waals surface area contributed by atoms with Crippen molar-refractivity contribution in [2.24, 2.45) is 11.8 Å². The fraction of sp³-hybridized carbons (Fsp3) is 0.611. The first-order valence-electron chi connectivity index (χ1n) is 8.69. The Kier molecular flexibility index (Phi) is 5.51. The van der Waals surface area contributed by atoms with Gasteiger partial charge in [-0.25, -0.2) is 0 Å². The largest absolute Gasteiger partial charge is 0.486 e. The number of fused-ring (bicyclic) bond motifs is 1. The number of nitrogens with one attached hydrogen (secondary N) is 2. The van der Waals surface area contributed by atoms with Crippen LogP contribution in [0.25, 0.3) is 0 Å². The highest BCUT2D eigenvalue weighted by Gasteiger charge is 2.34. The van der Waals surface area contributed by atoms with E-state index in [9.17, 15) is 4.79 Å². The molecule has 2 aliphatic carbocycles. The van der Waals surface area contributed by atoms with Crippen LogP contribution in [0.3, 0.4) is 0 Å². The van der Waals surface area contributed by atoms with Crippen LogP contribution in [0.5, 0.6) is 11.5 Å². The Morgan fingerprint density at radius 1 is 1.12 bits per heavy atom. The molecule has 0 aromatic heterocycles. The number of rotatable bonds is 7. The smallest absolute Gasteiger partial charge is 0.234 e. The third-order valence-corrected chi connectivity index (χ3v) is 4.75. The number of carbonyl (C=O) groups is 1. The van der Waals surface area contributed by atoms with Crippen molar-refractivity contribution in [3.05, 3.63) is 23.8 Å². The van der Waals surface area contributed by atoms with E-state index in [2.05, 4.69) is 16.7 Å². The van der Waals surface area contributed by atoms with Crippen LogP contribution in [-0.4, -0.2) is 32.2 Å². The Bertz CT molecular complexity index is 588. The average molecular weight is 353 g/mol. The van der Waals surface area contributed by atoms with Crippen molar-refractivity contribution < 1.29 is 14.3 Å². The number of hydrogen-bond acceptors (Lipinski definition) is 4. The van der Waals surface area contributed by atoms with Gasteiger partial charge in [-0.15, -0.1) is 12.4 Å². The molecule has 2 saturated carbocycles. The lowest BCUT2D eigenvalue weighted by atomic mass is 10.0. The van der Waals surface area contributed by atoms with Crippen molar-refractivity contribution >= 4 is 18.3 Å². The molecule has 1 amide bonds. The molecule has 2 N–H and O–H groups in total. The lowest BCUT2D eigenvalue weighted by Crippen LogP contribution is -2.37. The van der Waals surface area contributed by atoms with Crippen LogP contribution in [-0.2, 0) is 4.79 Å². The maximum Gasteiger partial charge on any atom is 0.234 e. The summed E-state index contributed by atoms with van der Waals surface area (Å²) in [5.41, 5.74) is 1.12. The monoisotopic (exact) mass is 352 g/mol. The predicted molar refractivity (Wildman–Crippen MR) is 93.9 cm³/mol. The van der Waals surface area contributed by atoms with E-state index < -0.39 is 0 Å². The molecular formula is C18H25ClN2O3. The minimum Gasteiger partial charge on any atom is -0.486 e. The first-order chi connectivity index (χ1) is 11.3. The summed E-state index contributed by atoms with van der Waals surface area (Å²) in [5.74, 6) is 3.01. The molecule has 1 unspecified atom stereocenters. The van der Waals surface area contributed by atoms with Gasteiger partial charge >= 0.3 is 0 Å². The number of hydrogen-bond donors (Lipinski definition) is 2. The van der Waals surface area contributed by atoms with Crippen molar-refractivity contribution in [3.8, 4) is 11.5 Å². The van der Waals surface area contributed by atoms with E-state index >= 15 is 0 Å². The fourth-order valence-corrected chi connectivity index (χ4v) is 3.09. The Balaban J connectivity index is 0.00000169. The molecule has 1 aromatic rings. The van der Waals surface area contributed by atoms with E-state index in [4.69, 9.17) is 9.47 Å². The molecule has 1 heterocycles. The van der Waals surface area contributed by atoms with Crippen molar-refractivity contribution in [2.75, 3.05) is 26.3 Å². The third kappa shape index (κ3) is 4.33. The fourth-order valence-electron chi connectivity index (χ4n) is 3.09. The van der Waals surface area contributed by atoms with Gasteiger partial charge in [0, 0.05) is 0 Å². The number of benzene rings is 1. The Hall–Kier alpha value is -1.46.